The lowest BCUT2D eigenvalue weighted by atomic mass is 10.2. The molecule has 2 rings (SSSR count). The highest BCUT2D eigenvalue weighted by Crippen LogP contribution is 2.29. The van der Waals surface area contributed by atoms with E-state index in [9.17, 15) is 23.4 Å². The van der Waals surface area contributed by atoms with Gasteiger partial charge in [-0.15, -0.1) is 0 Å². The van der Waals surface area contributed by atoms with Crippen LogP contribution in [0.15, 0.2) is 30.3 Å². The maximum absolute atomic E-state index is 13.3. The first-order valence-corrected chi connectivity index (χ1v) is 5.37. The van der Waals surface area contributed by atoms with Gasteiger partial charge >= 0.3 is 0 Å². The van der Waals surface area contributed by atoms with Crippen LogP contribution in [0, 0.1) is 17.5 Å². The van der Waals surface area contributed by atoms with Crippen molar-refractivity contribution in [2.45, 2.75) is 6.54 Å². The molecule has 100 valence electrons. The highest BCUT2D eigenvalue weighted by atomic mass is 19.2. The van der Waals surface area contributed by atoms with Gasteiger partial charge in [-0.05, 0) is 6.07 Å². The van der Waals surface area contributed by atoms with E-state index >= 15 is 0 Å². The predicted octanol–water partition coefficient (Wildman–Crippen LogP) is 3.13. The third kappa shape index (κ3) is 2.73. The Labute approximate surface area is 106 Å². The minimum absolute atomic E-state index is 0.0972. The minimum Gasteiger partial charge on any atom is -0.504 e. The number of aromatic hydroxyl groups is 2. The maximum Gasteiger partial charge on any atom is 0.182 e. The number of phenols is 2. The third-order valence-electron chi connectivity index (χ3n) is 2.56. The normalized spacial score (nSPS) is 10.5. The fraction of sp³-hybridized carbons (Fsp3) is 0.0769. The lowest BCUT2D eigenvalue weighted by Crippen LogP contribution is -2.04. The topological polar surface area (TPSA) is 52.5 Å². The number of phenolic OH excluding ortho intramolecular Hbond substituents is 2. The Morgan fingerprint density at radius 2 is 1.79 bits per heavy atom. The molecule has 0 aromatic heterocycles. The molecule has 0 fully saturated rings. The second kappa shape index (κ2) is 5.09. The smallest absolute Gasteiger partial charge is 0.182 e. The number of halogens is 3. The lowest BCUT2D eigenvalue weighted by Gasteiger charge is -2.10. The SMILES string of the molecule is Oc1cccc(CNc2cc(F)cc(F)c2F)c1O. The van der Waals surface area contributed by atoms with Crippen LogP contribution in [-0.2, 0) is 6.54 Å². The molecule has 0 unspecified atom stereocenters. The lowest BCUT2D eigenvalue weighted by molar-refractivity contribution is 0.400. The summed E-state index contributed by atoms with van der Waals surface area (Å²) in [6, 6.07) is 5.48. The Kier molecular flexibility index (Phi) is 3.50. The summed E-state index contributed by atoms with van der Waals surface area (Å²) in [5, 5.41) is 21.2. The number of para-hydroxylation sites is 1. The molecular formula is C13H10F3NO2. The summed E-state index contributed by atoms with van der Waals surface area (Å²) in [6.07, 6.45) is 0. The molecule has 0 heterocycles. The van der Waals surface area contributed by atoms with E-state index in [1.807, 2.05) is 0 Å². The van der Waals surface area contributed by atoms with E-state index in [1.54, 1.807) is 0 Å². The van der Waals surface area contributed by atoms with Gasteiger partial charge in [0.1, 0.15) is 5.82 Å². The molecule has 0 radical (unpaired) electrons. The highest BCUT2D eigenvalue weighted by molar-refractivity contribution is 5.49. The Morgan fingerprint density at radius 3 is 2.53 bits per heavy atom. The van der Waals surface area contributed by atoms with Crippen molar-refractivity contribution in [3.8, 4) is 11.5 Å². The van der Waals surface area contributed by atoms with Gasteiger partial charge in [0.05, 0.1) is 5.69 Å². The van der Waals surface area contributed by atoms with Gasteiger partial charge in [0.2, 0.25) is 0 Å². The van der Waals surface area contributed by atoms with Crippen molar-refractivity contribution in [2.75, 3.05) is 5.32 Å². The van der Waals surface area contributed by atoms with E-state index in [1.165, 1.54) is 18.2 Å². The van der Waals surface area contributed by atoms with Crippen LogP contribution in [0.3, 0.4) is 0 Å². The van der Waals surface area contributed by atoms with Gasteiger partial charge in [-0.3, -0.25) is 0 Å². The van der Waals surface area contributed by atoms with Crippen LogP contribution in [0.25, 0.3) is 0 Å². The summed E-state index contributed by atoms with van der Waals surface area (Å²) < 4.78 is 39.3. The van der Waals surface area contributed by atoms with Crippen LogP contribution < -0.4 is 5.32 Å². The van der Waals surface area contributed by atoms with Crippen LogP contribution in [0.4, 0.5) is 18.9 Å². The first-order chi connectivity index (χ1) is 8.99. The van der Waals surface area contributed by atoms with Crippen molar-refractivity contribution in [2.24, 2.45) is 0 Å². The molecule has 3 nitrogen and oxygen atoms in total. The van der Waals surface area contributed by atoms with E-state index in [0.29, 0.717) is 6.07 Å². The number of rotatable bonds is 3. The summed E-state index contributed by atoms with van der Waals surface area (Å²) in [5.41, 5.74) is -0.0932. The molecule has 0 saturated heterocycles. The summed E-state index contributed by atoms with van der Waals surface area (Å²) in [6.45, 7) is -0.0972. The molecule has 2 aromatic rings. The minimum atomic E-state index is -1.30. The summed E-state index contributed by atoms with van der Waals surface area (Å²) >= 11 is 0. The molecule has 0 spiro atoms. The largest absolute Gasteiger partial charge is 0.504 e. The highest BCUT2D eigenvalue weighted by Gasteiger charge is 2.12. The zero-order valence-electron chi connectivity index (χ0n) is 9.62. The molecule has 0 amide bonds. The van der Waals surface area contributed by atoms with Gasteiger partial charge in [-0.2, -0.15) is 0 Å². The van der Waals surface area contributed by atoms with Gasteiger partial charge in [0, 0.05) is 24.2 Å². The molecular weight excluding hydrogens is 259 g/mol. The van der Waals surface area contributed by atoms with Crippen molar-refractivity contribution in [1.82, 2.24) is 0 Å². The van der Waals surface area contributed by atoms with Crippen molar-refractivity contribution in [1.29, 1.82) is 0 Å². The van der Waals surface area contributed by atoms with Gasteiger partial charge in [-0.25, -0.2) is 13.2 Å². The van der Waals surface area contributed by atoms with Gasteiger partial charge < -0.3 is 15.5 Å². The predicted molar refractivity (Wildman–Crippen MR) is 63.4 cm³/mol. The summed E-state index contributed by atoms with van der Waals surface area (Å²) in [7, 11) is 0. The molecule has 2 aromatic carbocycles. The molecule has 0 bridgehead atoms. The Morgan fingerprint density at radius 1 is 1.05 bits per heavy atom. The Bertz CT molecular complexity index is 617. The van der Waals surface area contributed by atoms with Gasteiger partial charge in [-0.1, -0.05) is 12.1 Å². The number of hydrogen-bond donors (Lipinski definition) is 3. The number of anilines is 1. The molecule has 0 aliphatic rings. The first-order valence-electron chi connectivity index (χ1n) is 5.37. The zero-order chi connectivity index (χ0) is 14.0. The van der Waals surface area contributed by atoms with Crippen LogP contribution in [0.1, 0.15) is 5.56 Å². The quantitative estimate of drug-likeness (QED) is 0.592. The van der Waals surface area contributed by atoms with Crippen molar-refractivity contribution in [3.05, 3.63) is 53.3 Å². The van der Waals surface area contributed by atoms with Gasteiger partial charge in [0.15, 0.2) is 23.1 Å². The average molecular weight is 269 g/mol. The van der Waals surface area contributed by atoms with Crippen LogP contribution >= 0.6 is 0 Å². The fourth-order valence-electron chi connectivity index (χ4n) is 1.60. The summed E-state index contributed by atoms with van der Waals surface area (Å²) in [4.78, 5) is 0. The van der Waals surface area contributed by atoms with Crippen LogP contribution in [0.2, 0.25) is 0 Å². The third-order valence-corrected chi connectivity index (χ3v) is 2.56. The van der Waals surface area contributed by atoms with E-state index < -0.39 is 17.5 Å². The molecule has 0 aliphatic heterocycles. The standard InChI is InChI=1S/C13H10F3NO2/c14-8-4-9(15)12(16)10(5-8)17-6-7-2-1-3-11(18)13(7)19/h1-5,17-19H,6H2. The molecule has 6 heteroatoms. The average Bonchev–Trinajstić information content (AvgIpc) is 2.36. The fourth-order valence-corrected chi connectivity index (χ4v) is 1.60. The molecule has 0 saturated carbocycles. The number of hydrogen-bond acceptors (Lipinski definition) is 3. The number of nitrogens with one attached hydrogen (secondary N) is 1. The monoisotopic (exact) mass is 269 g/mol. The van der Waals surface area contributed by atoms with E-state index in [4.69, 9.17) is 0 Å². The van der Waals surface area contributed by atoms with Crippen LogP contribution in [-0.4, -0.2) is 10.2 Å². The van der Waals surface area contributed by atoms with Crippen LogP contribution in [0.5, 0.6) is 11.5 Å². The van der Waals surface area contributed by atoms with Crippen molar-refractivity contribution >= 4 is 5.69 Å². The van der Waals surface area contributed by atoms with E-state index in [-0.39, 0.29) is 29.3 Å². The molecule has 19 heavy (non-hydrogen) atoms. The van der Waals surface area contributed by atoms with E-state index in [2.05, 4.69) is 5.32 Å². The zero-order valence-corrected chi connectivity index (χ0v) is 9.62. The van der Waals surface area contributed by atoms with E-state index in [0.717, 1.165) is 6.07 Å². The molecule has 0 atom stereocenters. The number of benzene rings is 2. The molecule has 0 aliphatic carbocycles. The maximum atomic E-state index is 13.3. The second-order valence-electron chi connectivity index (χ2n) is 3.89. The summed E-state index contributed by atoms with van der Waals surface area (Å²) in [5.74, 6) is -4.12. The Hall–Kier alpha value is -2.37. The van der Waals surface area contributed by atoms with Crippen molar-refractivity contribution in [3.63, 3.8) is 0 Å². The Balaban J connectivity index is 2.21. The van der Waals surface area contributed by atoms with Crippen molar-refractivity contribution < 1.29 is 23.4 Å². The first kappa shape index (κ1) is 13.1. The molecule has 3 N–H and O–H groups in total. The second-order valence-corrected chi connectivity index (χ2v) is 3.89. The van der Waals surface area contributed by atoms with Gasteiger partial charge in [0.25, 0.3) is 0 Å².